The Hall–Kier alpha value is -3.32. The van der Waals surface area contributed by atoms with Gasteiger partial charge in [-0.25, -0.2) is 0 Å². The zero-order valence-electron chi connectivity index (χ0n) is 21.1. The number of Topliss-reactive ketones (excluding diaryl/α,β-unsaturated/α-hetero) is 1. The topological polar surface area (TPSA) is 79.3 Å². The van der Waals surface area contributed by atoms with Gasteiger partial charge in [-0.05, 0) is 69.7 Å². The van der Waals surface area contributed by atoms with Gasteiger partial charge in [-0.15, -0.1) is 0 Å². The summed E-state index contributed by atoms with van der Waals surface area (Å²) in [6.07, 6.45) is 0.724. The van der Waals surface area contributed by atoms with Gasteiger partial charge in [0, 0.05) is 12.1 Å². The van der Waals surface area contributed by atoms with E-state index < -0.39 is 17.7 Å². The molecule has 1 unspecified atom stereocenters. The second-order valence-electron chi connectivity index (χ2n) is 8.34. The van der Waals surface area contributed by atoms with Crippen LogP contribution in [-0.4, -0.2) is 66.0 Å². The summed E-state index contributed by atoms with van der Waals surface area (Å²) >= 11 is 0. The largest absolute Gasteiger partial charge is 0.507 e. The summed E-state index contributed by atoms with van der Waals surface area (Å²) in [6, 6.07) is 13.6. The second kappa shape index (κ2) is 12.4. The number of likely N-dealkylation sites (tertiary alicyclic amines) is 1. The van der Waals surface area contributed by atoms with E-state index in [-0.39, 0.29) is 11.3 Å². The normalized spacial score (nSPS) is 17.3. The van der Waals surface area contributed by atoms with Crippen molar-refractivity contribution < 1.29 is 24.2 Å². The van der Waals surface area contributed by atoms with Crippen molar-refractivity contribution in [1.29, 1.82) is 0 Å². The van der Waals surface area contributed by atoms with E-state index in [2.05, 4.69) is 18.7 Å². The highest BCUT2D eigenvalue weighted by molar-refractivity contribution is 6.46. The Labute approximate surface area is 207 Å². The van der Waals surface area contributed by atoms with E-state index in [9.17, 15) is 14.7 Å². The molecule has 3 rings (SSSR count). The Bertz CT molecular complexity index is 1040. The van der Waals surface area contributed by atoms with Gasteiger partial charge in [0.1, 0.15) is 17.3 Å². The summed E-state index contributed by atoms with van der Waals surface area (Å²) in [4.78, 5) is 30.2. The van der Waals surface area contributed by atoms with Gasteiger partial charge < -0.3 is 24.4 Å². The van der Waals surface area contributed by atoms with Crippen molar-refractivity contribution in [3.63, 3.8) is 0 Å². The predicted octanol–water partition coefficient (Wildman–Crippen LogP) is 4.64. The monoisotopic (exact) mass is 480 g/mol. The number of amides is 1. The Morgan fingerprint density at radius 1 is 0.943 bits per heavy atom. The highest BCUT2D eigenvalue weighted by Gasteiger charge is 2.45. The van der Waals surface area contributed by atoms with Crippen molar-refractivity contribution >= 4 is 17.4 Å². The number of ether oxygens (including phenoxy) is 2. The number of benzene rings is 2. The molecule has 7 heteroatoms. The van der Waals surface area contributed by atoms with Crippen LogP contribution in [0.2, 0.25) is 0 Å². The molecular weight excluding hydrogens is 444 g/mol. The van der Waals surface area contributed by atoms with Crippen molar-refractivity contribution in [2.45, 2.75) is 40.2 Å². The SMILES string of the molecule is CCOc1ccc(C2/C(=C(\O)c3cccc(OCC)c3)C(=O)C(=O)N2CCCN(CC)CC)cc1. The number of ketones is 1. The van der Waals surface area contributed by atoms with Crippen molar-refractivity contribution in [1.82, 2.24) is 9.80 Å². The number of rotatable bonds is 12. The maximum atomic E-state index is 13.2. The summed E-state index contributed by atoms with van der Waals surface area (Å²) in [5, 5.41) is 11.3. The van der Waals surface area contributed by atoms with E-state index >= 15 is 0 Å². The maximum Gasteiger partial charge on any atom is 0.295 e. The van der Waals surface area contributed by atoms with Crippen LogP contribution >= 0.6 is 0 Å². The first-order valence-corrected chi connectivity index (χ1v) is 12.4. The van der Waals surface area contributed by atoms with E-state index in [1.807, 2.05) is 38.1 Å². The summed E-state index contributed by atoms with van der Waals surface area (Å²) in [5.74, 6) is -0.172. The lowest BCUT2D eigenvalue weighted by Crippen LogP contribution is -2.33. The molecular formula is C28H36N2O5. The summed E-state index contributed by atoms with van der Waals surface area (Å²) < 4.78 is 11.1. The maximum absolute atomic E-state index is 13.2. The van der Waals surface area contributed by atoms with E-state index in [0.717, 1.165) is 31.6 Å². The molecule has 0 aromatic heterocycles. The molecule has 188 valence electrons. The van der Waals surface area contributed by atoms with Crippen LogP contribution in [-0.2, 0) is 9.59 Å². The van der Waals surface area contributed by atoms with Gasteiger partial charge >= 0.3 is 0 Å². The van der Waals surface area contributed by atoms with E-state index in [4.69, 9.17) is 9.47 Å². The first kappa shape index (κ1) is 26.3. The fraction of sp³-hybridized carbons (Fsp3) is 0.429. The average Bonchev–Trinajstić information content (AvgIpc) is 3.12. The standard InChI is InChI=1S/C28H36N2O5/c1-5-29(6-2)17-10-18-30-25(20-13-15-22(16-14-20)34-7-3)24(27(32)28(30)33)26(31)21-11-9-12-23(19-21)35-8-4/h9,11-16,19,25,31H,5-8,10,17-18H2,1-4H3/b26-24+. The van der Waals surface area contributed by atoms with Gasteiger partial charge in [-0.3, -0.25) is 9.59 Å². The molecule has 0 spiro atoms. The Morgan fingerprint density at radius 2 is 1.60 bits per heavy atom. The molecule has 35 heavy (non-hydrogen) atoms. The van der Waals surface area contributed by atoms with Crippen molar-refractivity contribution in [3.05, 3.63) is 65.2 Å². The van der Waals surface area contributed by atoms with Crippen LogP contribution in [0.3, 0.4) is 0 Å². The number of carbonyl (C=O) groups is 2. The van der Waals surface area contributed by atoms with Gasteiger partial charge in [-0.1, -0.05) is 38.1 Å². The number of hydrogen-bond donors (Lipinski definition) is 1. The molecule has 1 atom stereocenters. The van der Waals surface area contributed by atoms with Crippen LogP contribution < -0.4 is 9.47 Å². The molecule has 1 amide bonds. The number of hydrogen-bond acceptors (Lipinski definition) is 6. The van der Waals surface area contributed by atoms with Crippen LogP contribution in [0.1, 0.15) is 51.3 Å². The van der Waals surface area contributed by atoms with Crippen molar-refractivity contribution in [2.24, 2.45) is 0 Å². The Balaban J connectivity index is 2.03. The van der Waals surface area contributed by atoms with E-state index in [1.54, 1.807) is 29.2 Å². The highest BCUT2D eigenvalue weighted by Crippen LogP contribution is 2.40. The minimum Gasteiger partial charge on any atom is -0.507 e. The van der Waals surface area contributed by atoms with Gasteiger partial charge in [-0.2, -0.15) is 0 Å². The fourth-order valence-electron chi connectivity index (χ4n) is 4.43. The fourth-order valence-corrected chi connectivity index (χ4v) is 4.43. The summed E-state index contributed by atoms with van der Waals surface area (Å²) in [5.41, 5.74) is 1.28. The van der Waals surface area contributed by atoms with Crippen LogP contribution in [0.4, 0.5) is 0 Å². The lowest BCUT2D eigenvalue weighted by atomic mass is 9.95. The van der Waals surface area contributed by atoms with E-state index in [0.29, 0.717) is 36.8 Å². The number of nitrogens with zero attached hydrogens (tertiary/aromatic N) is 2. The second-order valence-corrected chi connectivity index (χ2v) is 8.34. The minimum atomic E-state index is -0.682. The molecule has 0 saturated carbocycles. The smallest absolute Gasteiger partial charge is 0.295 e. The number of aliphatic hydroxyl groups excluding tert-OH is 1. The van der Waals surface area contributed by atoms with E-state index in [1.165, 1.54) is 0 Å². The third-order valence-corrected chi connectivity index (χ3v) is 6.23. The summed E-state index contributed by atoms with van der Waals surface area (Å²) in [7, 11) is 0. The van der Waals surface area contributed by atoms with Gasteiger partial charge in [0.25, 0.3) is 11.7 Å². The molecule has 0 radical (unpaired) electrons. The molecule has 2 aromatic carbocycles. The van der Waals surface area contributed by atoms with Crippen molar-refractivity contribution in [2.75, 3.05) is 39.4 Å². The first-order valence-electron chi connectivity index (χ1n) is 12.4. The van der Waals surface area contributed by atoms with Crippen LogP contribution in [0.5, 0.6) is 11.5 Å². The minimum absolute atomic E-state index is 0.0932. The Morgan fingerprint density at radius 3 is 2.23 bits per heavy atom. The van der Waals surface area contributed by atoms with Crippen LogP contribution in [0.25, 0.3) is 5.76 Å². The third kappa shape index (κ3) is 6.03. The van der Waals surface area contributed by atoms with Gasteiger partial charge in [0.15, 0.2) is 0 Å². The van der Waals surface area contributed by atoms with Gasteiger partial charge in [0.05, 0.1) is 24.8 Å². The molecule has 2 aromatic rings. The zero-order valence-corrected chi connectivity index (χ0v) is 21.1. The molecule has 0 aliphatic carbocycles. The molecule has 1 N–H and O–H groups in total. The third-order valence-electron chi connectivity index (χ3n) is 6.23. The van der Waals surface area contributed by atoms with Crippen LogP contribution in [0.15, 0.2) is 54.1 Å². The Kier molecular flexibility index (Phi) is 9.32. The highest BCUT2D eigenvalue weighted by atomic mass is 16.5. The number of aliphatic hydroxyl groups is 1. The molecule has 0 bridgehead atoms. The van der Waals surface area contributed by atoms with Crippen molar-refractivity contribution in [3.8, 4) is 11.5 Å². The molecule has 1 aliphatic heterocycles. The van der Waals surface area contributed by atoms with Gasteiger partial charge in [0.2, 0.25) is 0 Å². The first-order chi connectivity index (χ1) is 16.9. The zero-order chi connectivity index (χ0) is 25.4. The average molecular weight is 481 g/mol. The lowest BCUT2D eigenvalue weighted by Gasteiger charge is -2.27. The molecule has 1 heterocycles. The molecule has 1 aliphatic rings. The molecule has 1 fully saturated rings. The quantitative estimate of drug-likeness (QED) is 0.271. The lowest BCUT2D eigenvalue weighted by molar-refractivity contribution is -0.140. The number of carbonyl (C=O) groups excluding carboxylic acids is 2. The molecule has 1 saturated heterocycles. The summed E-state index contributed by atoms with van der Waals surface area (Å²) in [6.45, 7) is 12.1. The predicted molar refractivity (Wildman–Crippen MR) is 137 cm³/mol. The van der Waals surface area contributed by atoms with Crippen LogP contribution in [0, 0.1) is 0 Å². The molecule has 7 nitrogen and oxygen atoms in total.